The number of ether oxygens (including phenoxy) is 1. The van der Waals surface area contributed by atoms with Crippen molar-refractivity contribution in [2.24, 2.45) is 5.73 Å². The Balaban J connectivity index is 2.17. The summed E-state index contributed by atoms with van der Waals surface area (Å²) in [6.45, 7) is 1.06. The molecule has 0 unspecified atom stereocenters. The van der Waals surface area contributed by atoms with Crippen molar-refractivity contribution in [1.82, 2.24) is 0 Å². The lowest BCUT2D eigenvalue weighted by Crippen LogP contribution is -2.10. The molecule has 2 N–H and O–H groups in total. The smallest absolute Gasteiger partial charge is 0.130 e. The molecule has 2 aromatic rings. The lowest BCUT2D eigenvalue weighted by Gasteiger charge is -2.21. The molecule has 2 aromatic carbocycles. The zero-order valence-corrected chi connectivity index (χ0v) is 10.7. The highest BCUT2D eigenvalue weighted by Crippen LogP contribution is 2.37. The molecule has 0 radical (unpaired) electrons. The monoisotopic (exact) mass is 257 g/mol. The van der Waals surface area contributed by atoms with Gasteiger partial charge in [0.2, 0.25) is 0 Å². The third-order valence-electron chi connectivity index (χ3n) is 3.51. The van der Waals surface area contributed by atoms with Crippen molar-refractivity contribution in [2.45, 2.75) is 19.4 Å². The molecule has 0 aliphatic carbocycles. The maximum atomic E-state index is 13.3. The van der Waals surface area contributed by atoms with E-state index in [1.54, 1.807) is 6.07 Å². The first-order chi connectivity index (χ1) is 9.29. The predicted molar refractivity (Wildman–Crippen MR) is 73.5 cm³/mol. The quantitative estimate of drug-likeness (QED) is 0.896. The van der Waals surface area contributed by atoms with Crippen molar-refractivity contribution in [3.05, 3.63) is 53.3 Å². The lowest BCUT2D eigenvalue weighted by molar-refractivity contribution is 0.289. The molecule has 0 aromatic heterocycles. The summed E-state index contributed by atoms with van der Waals surface area (Å²) in [5.74, 6) is 0.671. The highest BCUT2D eigenvalue weighted by atomic mass is 19.1. The number of hydrogen-bond acceptors (Lipinski definition) is 2. The fourth-order valence-corrected chi connectivity index (χ4v) is 2.60. The van der Waals surface area contributed by atoms with E-state index in [1.165, 1.54) is 17.7 Å². The van der Waals surface area contributed by atoms with Gasteiger partial charge in [-0.1, -0.05) is 24.3 Å². The molecule has 0 bridgehead atoms. The number of para-hydroxylation sites is 1. The highest BCUT2D eigenvalue weighted by molar-refractivity contribution is 5.75. The molecule has 0 saturated heterocycles. The van der Waals surface area contributed by atoms with Crippen LogP contribution in [0.2, 0.25) is 0 Å². The van der Waals surface area contributed by atoms with Crippen LogP contribution in [-0.4, -0.2) is 6.61 Å². The number of aryl methyl sites for hydroxylation is 1. The minimum absolute atomic E-state index is 0.255. The Hall–Kier alpha value is -1.87. The molecule has 0 fully saturated rings. The second kappa shape index (κ2) is 5.02. The van der Waals surface area contributed by atoms with E-state index >= 15 is 0 Å². The number of halogens is 1. The summed E-state index contributed by atoms with van der Waals surface area (Å²) in [5, 5.41) is 0. The Morgan fingerprint density at radius 1 is 1.16 bits per heavy atom. The molecule has 0 amide bonds. The van der Waals surface area contributed by atoms with Gasteiger partial charge >= 0.3 is 0 Å². The van der Waals surface area contributed by atoms with Gasteiger partial charge in [-0.3, -0.25) is 0 Å². The first kappa shape index (κ1) is 12.2. The van der Waals surface area contributed by atoms with Crippen molar-refractivity contribution in [2.75, 3.05) is 6.61 Å². The fraction of sp³-hybridized carbons (Fsp3) is 0.250. The average molecular weight is 257 g/mol. The summed E-state index contributed by atoms with van der Waals surface area (Å²) in [6, 6.07) is 10.9. The number of hydrogen-bond donors (Lipinski definition) is 1. The second-order valence-corrected chi connectivity index (χ2v) is 4.75. The van der Waals surface area contributed by atoms with E-state index in [-0.39, 0.29) is 5.82 Å². The van der Waals surface area contributed by atoms with E-state index in [4.69, 9.17) is 10.5 Å². The largest absolute Gasteiger partial charge is 0.493 e. The fourth-order valence-electron chi connectivity index (χ4n) is 2.60. The topological polar surface area (TPSA) is 35.2 Å². The lowest BCUT2D eigenvalue weighted by atomic mass is 9.94. The van der Waals surface area contributed by atoms with Gasteiger partial charge in [-0.05, 0) is 41.7 Å². The van der Waals surface area contributed by atoms with Crippen LogP contribution in [0, 0.1) is 5.82 Å². The maximum absolute atomic E-state index is 13.3. The summed E-state index contributed by atoms with van der Waals surface area (Å²) < 4.78 is 19.1. The molecule has 1 aliphatic heterocycles. The molecule has 98 valence electrons. The molecule has 19 heavy (non-hydrogen) atoms. The minimum atomic E-state index is -0.255. The first-order valence-corrected chi connectivity index (χ1v) is 6.53. The van der Waals surface area contributed by atoms with E-state index in [1.807, 2.05) is 12.1 Å². The SMILES string of the molecule is NCc1cc(F)ccc1-c1cccc2c1OCCC2. The summed E-state index contributed by atoms with van der Waals surface area (Å²) in [6.07, 6.45) is 2.08. The van der Waals surface area contributed by atoms with Gasteiger partial charge in [0.25, 0.3) is 0 Å². The molecule has 0 spiro atoms. The van der Waals surface area contributed by atoms with Gasteiger partial charge in [0.05, 0.1) is 6.61 Å². The molecular formula is C16H16FNO. The normalized spacial score (nSPS) is 13.8. The van der Waals surface area contributed by atoms with Crippen molar-refractivity contribution in [1.29, 1.82) is 0 Å². The van der Waals surface area contributed by atoms with Crippen LogP contribution in [0.3, 0.4) is 0 Å². The molecule has 1 heterocycles. The van der Waals surface area contributed by atoms with Gasteiger partial charge in [-0.15, -0.1) is 0 Å². The van der Waals surface area contributed by atoms with E-state index < -0.39 is 0 Å². The van der Waals surface area contributed by atoms with Crippen LogP contribution in [-0.2, 0) is 13.0 Å². The molecule has 2 nitrogen and oxygen atoms in total. The molecule has 0 atom stereocenters. The van der Waals surface area contributed by atoms with Crippen LogP contribution >= 0.6 is 0 Å². The molecule has 3 heteroatoms. The Morgan fingerprint density at radius 3 is 2.89 bits per heavy atom. The summed E-state index contributed by atoms with van der Waals surface area (Å²) >= 11 is 0. The van der Waals surface area contributed by atoms with E-state index in [2.05, 4.69) is 6.07 Å². The van der Waals surface area contributed by atoms with Gasteiger partial charge in [-0.25, -0.2) is 4.39 Å². The first-order valence-electron chi connectivity index (χ1n) is 6.53. The van der Waals surface area contributed by atoms with E-state index in [0.29, 0.717) is 6.54 Å². The van der Waals surface area contributed by atoms with Gasteiger partial charge in [-0.2, -0.15) is 0 Å². The van der Waals surface area contributed by atoms with E-state index in [9.17, 15) is 4.39 Å². The van der Waals surface area contributed by atoms with Gasteiger partial charge in [0.1, 0.15) is 11.6 Å². The Labute approximate surface area is 112 Å². The maximum Gasteiger partial charge on any atom is 0.130 e. The van der Waals surface area contributed by atoms with Gasteiger partial charge in [0.15, 0.2) is 0 Å². The van der Waals surface area contributed by atoms with Gasteiger partial charge < -0.3 is 10.5 Å². The molecule has 3 rings (SSSR count). The standard InChI is InChI=1S/C16H16FNO/c17-13-6-7-14(12(9-13)10-18)15-5-1-3-11-4-2-8-19-16(11)15/h1,3,5-7,9H,2,4,8,10,18H2. The summed E-state index contributed by atoms with van der Waals surface area (Å²) in [4.78, 5) is 0. The highest BCUT2D eigenvalue weighted by Gasteiger charge is 2.17. The Morgan fingerprint density at radius 2 is 2.05 bits per heavy atom. The van der Waals surface area contributed by atoms with Crippen LogP contribution in [0.5, 0.6) is 5.75 Å². The van der Waals surface area contributed by atoms with E-state index in [0.717, 1.165) is 41.9 Å². The van der Waals surface area contributed by atoms with Crippen molar-refractivity contribution in [3.8, 4) is 16.9 Å². The van der Waals surface area contributed by atoms with Crippen molar-refractivity contribution >= 4 is 0 Å². The van der Waals surface area contributed by atoms with Crippen molar-refractivity contribution < 1.29 is 9.13 Å². The zero-order valence-electron chi connectivity index (χ0n) is 10.7. The number of rotatable bonds is 2. The molecule has 0 saturated carbocycles. The third kappa shape index (κ3) is 2.22. The van der Waals surface area contributed by atoms with Crippen LogP contribution in [0.25, 0.3) is 11.1 Å². The van der Waals surface area contributed by atoms with Crippen LogP contribution in [0.15, 0.2) is 36.4 Å². The summed E-state index contributed by atoms with van der Waals surface area (Å²) in [5.41, 5.74) is 9.72. The Kier molecular flexibility index (Phi) is 3.22. The van der Waals surface area contributed by atoms with Crippen LogP contribution < -0.4 is 10.5 Å². The van der Waals surface area contributed by atoms with Crippen molar-refractivity contribution in [3.63, 3.8) is 0 Å². The third-order valence-corrected chi connectivity index (χ3v) is 3.51. The van der Waals surface area contributed by atoms with Gasteiger partial charge in [0, 0.05) is 12.1 Å². The number of benzene rings is 2. The molecule has 1 aliphatic rings. The number of nitrogens with two attached hydrogens (primary N) is 1. The summed E-state index contributed by atoms with van der Waals surface area (Å²) in [7, 11) is 0. The predicted octanol–water partition coefficient (Wildman–Crippen LogP) is 3.28. The second-order valence-electron chi connectivity index (χ2n) is 4.75. The number of fused-ring (bicyclic) bond motifs is 1. The average Bonchev–Trinajstić information content (AvgIpc) is 2.46. The van der Waals surface area contributed by atoms with Crippen LogP contribution in [0.1, 0.15) is 17.5 Å². The molecular weight excluding hydrogens is 241 g/mol. The minimum Gasteiger partial charge on any atom is -0.493 e. The Bertz CT molecular complexity index is 610. The zero-order chi connectivity index (χ0) is 13.2. The van der Waals surface area contributed by atoms with Crippen LogP contribution in [0.4, 0.5) is 4.39 Å².